The van der Waals surface area contributed by atoms with Crippen molar-refractivity contribution >= 4 is 23.2 Å². The Morgan fingerprint density at radius 2 is 1.57 bits per heavy atom. The molecule has 1 aromatic rings. The first-order valence-corrected chi connectivity index (χ1v) is 7.63. The SMILES string of the molecule is O=C(CC1CCCCC1)Nc1ccccc1NC(=O)C(F)(F)F. The van der Waals surface area contributed by atoms with Crippen LogP contribution in [0.1, 0.15) is 38.5 Å². The van der Waals surface area contributed by atoms with Crippen LogP contribution in [-0.4, -0.2) is 18.0 Å². The Balaban J connectivity index is 1.99. The Labute approximate surface area is 132 Å². The molecule has 0 spiro atoms. The molecular formula is C16H19F3N2O2. The van der Waals surface area contributed by atoms with E-state index in [1.807, 2.05) is 0 Å². The van der Waals surface area contributed by atoms with Gasteiger partial charge in [0.25, 0.3) is 0 Å². The fourth-order valence-electron chi connectivity index (χ4n) is 2.75. The van der Waals surface area contributed by atoms with Gasteiger partial charge in [0, 0.05) is 6.42 Å². The summed E-state index contributed by atoms with van der Waals surface area (Å²) in [5, 5.41) is 4.37. The van der Waals surface area contributed by atoms with E-state index in [-0.39, 0.29) is 17.3 Å². The van der Waals surface area contributed by atoms with Crippen LogP contribution in [0.25, 0.3) is 0 Å². The molecule has 1 aliphatic rings. The van der Waals surface area contributed by atoms with Crippen molar-refractivity contribution < 1.29 is 22.8 Å². The lowest BCUT2D eigenvalue weighted by atomic mass is 9.87. The second kappa shape index (κ2) is 7.48. The second-order valence-corrected chi connectivity index (χ2v) is 5.75. The van der Waals surface area contributed by atoms with Crippen LogP contribution in [0.5, 0.6) is 0 Å². The minimum Gasteiger partial charge on any atom is -0.324 e. The number of amides is 2. The van der Waals surface area contributed by atoms with E-state index in [4.69, 9.17) is 0 Å². The molecule has 2 rings (SSSR count). The molecule has 0 aliphatic heterocycles. The Hall–Kier alpha value is -2.05. The van der Waals surface area contributed by atoms with Crippen LogP contribution < -0.4 is 10.6 Å². The molecule has 0 saturated heterocycles. The van der Waals surface area contributed by atoms with Gasteiger partial charge in [-0.3, -0.25) is 9.59 Å². The van der Waals surface area contributed by atoms with Crippen LogP contribution in [0.15, 0.2) is 24.3 Å². The third-order valence-corrected chi connectivity index (χ3v) is 3.91. The molecule has 0 atom stereocenters. The zero-order chi connectivity index (χ0) is 16.9. The summed E-state index contributed by atoms with van der Waals surface area (Å²) in [4.78, 5) is 23.1. The largest absolute Gasteiger partial charge is 0.471 e. The van der Waals surface area contributed by atoms with E-state index in [1.165, 1.54) is 24.6 Å². The lowest BCUT2D eigenvalue weighted by molar-refractivity contribution is -0.167. The van der Waals surface area contributed by atoms with E-state index in [2.05, 4.69) is 5.32 Å². The van der Waals surface area contributed by atoms with Crippen molar-refractivity contribution in [3.63, 3.8) is 0 Å². The van der Waals surface area contributed by atoms with Crippen LogP contribution in [0.2, 0.25) is 0 Å². The third kappa shape index (κ3) is 5.26. The quantitative estimate of drug-likeness (QED) is 0.874. The molecule has 1 fully saturated rings. The number of hydrogen-bond acceptors (Lipinski definition) is 2. The maximum absolute atomic E-state index is 12.3. The molecule has 2 amide bonds. The monoisotopic (exact) mass is 328 g/mol. The average molecular weight is 328 g/mol. The summed E-state index contributed by atoms with van der Waals surface area (Å²) in [7, 11) is 0. The van der Waals surface area contributed by atoms with Gasteiger partial charge in [-0.25, -0.2) is 0 Å². The summed E-state index contributed by atoms with van der Waals surface area (Å²) in [5.41, 5.74) is 0.109. The first-order valence-electron chi connectivity index (χ1n) is 7.63. The van der Waals surface area contributed by atoms with Gasteiger partial charge in [-0.2, -0.15) is 13.2 Å². The van der Waals surface area contributed by atoms with E-state index in [0.29, 0.717) is 12.3 Å². The van der Waals surface area contributed by atoms with Crippen molar-refractivity contribution in [2.45, 2.75) is 44.7 Å². The smallest absolute Gasteiger partial charge is 0.324 e. The minimum atomic E-state index is -4.97. The summed E-state index contributed by atoms with van der Waals surface area (Å²) in [6.07, 6.45) is 0.775. The predicted molar refractivity (Wildman–Crippen MR) is 80.9 cm³/mol. The highest BCUT2D eigenvalue weighted by Gasteiger charge is 2.39. The number of alkyl halides is 3. The fourth-order valence-corrected chi connectivity index (χ4v) is 2.75. The zero-order valence-corrected chi connectivity index (χ0v) is 12.6. The maximum Gasteiger partial charge on any atom is 0.471 e. The van der Waals surface area contributed by atoms with Gasteiger partial charge in [0.2, 0.25) is 5.91 Å². The average Bonchev–Trinajstić information content (AvgIpc) is 2.49. The molecule has 23 heavy (non-hydrogen) atoms. The third-order valence-electron chi connectivity index (χ3n) is 3.91. The van der Waals surface area contributed by atoms with Gasteiger partial charge >= 0.3 is 12.1 Å². The Kier molecular flexibility index (Phi) is 5.63. The summed E-state index contributed by atoms with van der Waals surface area (Å²) in [5.74, 6) is -1.99. The minimum absolute atomic E-state index is 0.0631. The van der Waals surface area contributed by atoms with E-state index in [0.717, 1.165) is 25.7 Å². The summed E-state index contributed by atoms with van der Waals surface area (Å²) < 4.78 is 37.0. The van der Waals surface area contributed by atoms with Gasteiger partial charge < -0.3 is 10.6 Å². The molecule has 0 radical (unpaired) electrons. The number of halogens is 3. The topological polar surface area (TPSA) is 58.2 Å². The van der Waals surface area contributed by atoms with E-state index < -0.39 is 12.1 Å². The summed E-state index contributed by atoms with van der Waals surface area (Å²) in [6.45, 7) is 0. The van der Waals surface area contributed by atoms with Crippen LogP contribution >= 0.6 is 0 Å². The number of rotatable bonds is 4. The van der Waals surface area contributed by atoms with Crippen molar-refractivity contribution in [3.05, 3.63) is 24.3 Å². The van der Waals surface area contributed by atoms with Gasteiger partial charge in [0.15, 0.2) is 0 Å². The van der Waals surface area contributed by atoms with Crippen molar-refractivity contribution in [1.82, 2.24) is 0 Å². The molecule has 0 unspecified atom stereocenters. The number of nitrogens with one attached hydrogen (secondary N) is 2. The number of carbonyl (C=O) groups excluding carboxylic acids is 2. The van der Waals surface area contributed by atoms with E-state index in [1.54, 1.807) is 11.4 Å². The normalized spacial score (nSPS) is 16.0. The molecule has 4 nitrogen and oxygen atoms in total. The standard InChI is InChI=1S/C16H19F3N2O2/c17-16(18,19)15(23)21-13-9-5-4-8-12(13)20-14(22)10-11-6-2-1-3-7-11/h4-5,8-9,11H,1-3,6-7,10H2,(H,20,22)(H,21,23). The Bertz CT molecular complexity index is 567. The summed E-state index contributed by atoms with van der Waals surface area (Å²) in [6, 6.07) is 5.85. The number of para-hydroxylation sites is 2. The van der Waals surface area contributed by atoms with Crippen LogP contribution in [-0.2, 0) is 9.59 Å². The zero-order valence-electron chi connectivity index (χ0n) is 12.6. The van der Waals surface area contributed by atoms with Crippen molar-refractivity contribution in [1.29, 1.82) is 0 Å². The van der Waals surface area contributed by atoms with Crippen LogP contribution in [0.3, 0.4) is 0 Å². The second-order valence-electron chi connectivity index (χ2n) is 5.75. The molecular weight excluding hydrogens is 309 g/mol. The highest BCUT2D eigenvalue weighted by Crippen LogP contribution is 2.28. The van der Waals surface area contributed by atoms with Crippen molar-refractivity contribution in [3.8, 4) is 0 Å². The molecule has 2 N–H and O–H groups in total. The molecule has 7 heteroatoms. The van der Waals surface area contributed by atoms with Crippen molar-refractivity contribution in [2.24, 2.45) is 5.92 Å². The maximum atomic E-state index is 12.3. The number of benzene rings is 1. The molecule has 1 aromatic carbocycles. The molecule has 1 aliphatic carbocycles. The van der Waals surface area contributed by atoms with Crippen LogP contribution in [0.4, 0.5) is 24.5 Å². The molecule has 126 valence electrons. The first-order chi connectivity index (χ1) is 10.9. The number of hydrogen-bond donors (Lipinski definition) is 2. The van der Waals surface area contributed by atoms with Gasteiger partial charge in [-0.05, 0) is 30.9 Å². The molecule has 0 aromatic heterocycles. The Morgan fingerprint density at radius 1 is 1.00 bits per heavy atom. The highest BCUT2D eigenvalue weighted by molar-refractivity contribution is 6.01. The fraction of sp³-hybridized carbons (Fsp3) is 0.500. The number of carbonyl (C=O) groups is 2. The van der Waals surface area contributed by atoms with Crippen LogP contribution in [0, 0.1) is 5.92 Å². The van der Waals surface area contributed by atoms with Crippen molar-refractivity contribution in [2.75, 3.05) is 10.6 Å². The van der Waals surface area contributed by atoms with Gasteiger partial charge in [0.1, 0.15) is 0 Å². The lowest BCUT2D eigenvalue weighted by Gasteiger charge is -2.21. The molecule has 0 heterocycles. The van der Waals surface area contributed by atoms with Gasteiger partial charge in [-0.1, -0.05) is 31.4 Å². The lowest BCUT2D eigenvalue weighted by Crippen LogP contribution is -2.30. The van der Waals surface area contributed by atoms with E-state index >= 15 is 0 Å². The molecule has 0 bridgehead atoms. The van der Waals surface area contributed by atoms with Gasteiger partial charge in [-0.15, -0.1) is 0 Å². The van der Waals surface area contributed by atoms with E-state index in [9.17, 15) is 22.8 Å². The summed E-state index contributed by atoms with van der Waals surface area (Å²) >= 11 is 0. The highest BCUT2D eigenvalue weighted by atomic mass is 19.4. The predicted octanol–water partition coefficient (Wildman–Crippen LogP) is 4.10. The first kappa shape index (κ1) is 17.3. The number of anilines is 2. The Morgan fingerprint density at radius 3 is 2.13 bits per heavy atom. The molecule has 1 saturated carbocycles. The van der Waals surface area contributed by atoms with Gasteiger partial charge in [0.05, 0.1) is 11.4 Å².